The lowest BCUT2D eigenvalue weighted by molar-refractivity contribution is 0.0749. The number of nitrogens with one attached hydrogen (secondary N) is 1. The largest absolute Gasteiger partial charge is 0.352 e. The Morgan fingerprint density at radius 3 is 2.79 bits per heavy atom. The zero-order valence-corrected chi connectivity index (χ0v) is 17.8. The lowest BCUT2D eigenvalue weighted by Crippen LogP contribution is -2.39. The Morgan fingerprint density at radius 2 is 2.04 bits per heavy atom. The molecule has 6 nitrogen and oxygen atoms in total. The van der Waals surface area contributed by atoms with Gasteiger partial charge in [0.1, 0.15) is 4.88 Å². The molecular weight excluding hydrogens is 438 g/mol. The van der Waals surface area contributed by atoms with E-state index in [4.69, 9.17) is 0 Å². The van der Waals surface area contributed by atoms with Crippen LogP contribution in [0, 0.1) is 6.92 Å². The maximum Gasteiger partial charge on any atom is 0.266 e. The Labute approximate surface area is 176 Å². The van der Waals surface area contributed by atoms with Crippen LogP contribution in [0.5, 0.6) is 0 Å². The van der Waals surface area contributed by atoms with Gasteiger partial charge in [0, 0.05) is 37.1 Å². The number of carbonyl (C=O) groups is 1. The van der Waals surface area contributed by atoms with Crippen molar-refractivity contribution in [2.24, 2.45) is 0 Å². The summed E-state index contributed by atoms with van der Waals surface area (Å²) >= 11 is 4.80. The molecule has 3 heterocycles. The molecule has 28 heavy (non-hydrogen) atoms. The van der Waals surface area contributed by atoms with Gasteiger partial charge in [0.05, 0.1) is 15.2 Å². The fourth-order valence-corrected chi connectivity index (χ4v) is 4.52. The highest BCUT2D eigenvalue weighted by molar-refractivity contribution is 9.10. The zero-order valence-electron chi connectivity index (χ0n) is 15.4. The Morgan fingerprint density at radius 1 is 1.29 bits per heavy atom. The van der Waals surface area contributed by atoms with Crippen LogP contribution >= 0.6 is 27.3 Å². The van der Waals surface area contributed by atoms with Gasteiger partial charge in [0.15, 0.2) is 0 Å². The summed E-state index contributed by atoms with van der Waals surface area (Å²) in [5, 5.41) is 4.15. The van der Waals surface area contributed by atoms with Crippen molar-refractivity contribution in [2.75, 3.05) is 18.4 Å². The van der Waals surface area contributed by atoms with Gasteiger partial charge in [0.2, 0.25) is 5.95 Å². The molecule has 3 aromatic rings. The number of rotatable bonds is 5. The molecule has 0 saturated carbocycles. The first kappa shape index (κ1) is 19.0. The van der Waals surface area contributed by atoms with Gasteiger partial charge in [-0.1, -0.05) is 30.3 Å². The lowest BCUT2D eigenvalue weighted by atomic mass is 10.1. The fraction of sp³-hybridized carbons (Fsp3) is 0.300. The molecule has 0 spiro atoms. The van der Waals surface area contributed by atoms with E-state index < -0.39 is 0 Å². The van der Waals surface area contributed by atoms with Crippen molar-refractivity contribution in [1.29, 1.82) is 0 Å². The van der Waals surface area contributed by atoms with E-state index in [0.717, 1.165) is 45.0 Å². The molecule has 0 bridgehead atoms. The van der Waals surface area contributed by atoms with Gasteiger partial charge in [-0.25, -0.2) is 15.0 Å². The van der Waals surface area contributed by atoms with Gasteiger partial charge in [0.25, 0.3) is 5.91 Å². The third-order valence-electron chi connectivity index (χ3n) is 4.73. The van der Waals surface area contributed by atoms with Gasteiger partial charge in [-0.05, 0) is 35.7 Å². The van der Waals surface area contributed by atoms with E-state index in [0.29, 0.717) is 12.5 Å². The quantitative estimate of drug-likeness (QED) is 0.614. The molecule has 1 fully saturated rings. The second kappa shape index (κ2) is 8.36. The van der Waals surface area contributed by atoms with Crippen LogP contribution in [0.3, 0.4) is 0 Å². The highest BCUT2D eigenvalue weighted by atomic mass is 79.9. The minimum Gasteiger partial charge on any atom is -0.352 e. The molecule has 1 aliphatic heterocycles. The van der Waals surface area contributed by atoms with Gasteiger partial charge in [-0.2, -0.15) is 0 Å². The third kappa shape index (κ3) is 4.07. The summed E-state index contributed by atoms with van der Waals surface area (Å²) in [5.74, 6) is 0.631. The molecule has 0 aliphatic carbocycles. The molecule has 1 unspecified atom stereocenters. The maximum atomic E-state index is 13.4. The molecule has 8 heteroatoms. The number of carbonyl (C=O) groups excluding carboxylic acids is 1. The lowest BCUT2D eigenvalue weighted by Gasteiger charge is -2.24. The van der Waals surface area contributed by atoms with E-state index in [1.807, 2.05) is 42.2 Å². The standard InChI is InChI=1S/C20H20BrN5OS/c1-13-25-17(14-6-3-2-4-7-14)18(28-13)19(27)26-9-5-8-16(26)12-24-20-22-10-15(21)11-23-20/h2-4,6-7,10-11,16H,5,8-9,12H2,1H3,(H,22,23,24). The topological polar surface area (TPSA) is 71.0 Å². The Balaban J connectivity index is 1.52. The number of aromatic nitrogens is 3. The van der Waals surface area contributed by atoms with Crippen LogP contribution in [0.2, 0.25) is 0 Å². The predicted octanol–water partition coefficient (Wildman–Crippen LogP) is 4.39. The van der Waals surface area contributed by atoms with E-state index in [2.05, 4.69) is 36.2 Å². The highest BCUT2D eigenvalue weighted by Crippen LogP contribution is 2.31. The first-order valence-corrected chi connectivity index (χ1v) is 10.8. The van der Waals surface area contributed by atoms with Crippen molar-refractivity contribution >= 4 is 39.1 Å². The van der Waals surface area contributed by atoms with Crippen molar-refractivity contribution in [3.05, 3.63) is 57.1 Å². The molecule has 1 N–H and O–H groups in total. The number of hydrogen-bond donors (Lipinski definition) is 1. The fourth-order valence-electron chi connectivity index (χ4n) is 3.42. The number of likely N-dealkylation sites (tertiary alicyclic amines) is 1. The van der Waals surface area contributed by atoms with Crippen molar-refractivity contribution < 1.29 is 4.79 Å². The average Bonchev–Trinajstić information content (AvgIpc) is 3.34. The summed E-state index contributed by atoms with van der Waals surface area (Å²) in [7, 11) is 0. The first-order valence-electron chi connectivity index (χ1n) is 9.17. The number of halogens is 1. The summed E-state index contributed by atoms with van der Waals surface area (Å²) in [6, 6.07) is 10.0. The van der Waals surface area contributed by atoms with E-state index in [1.54, 1.807) is 12.4 Å². The molecule has 4 rings (SSSR count). The average molecular weight is 458 g/mol. The van der Waals surface area contributed by atoms with Crippen molar-refractivity contribution in [1.82, 2.24) is 19.9 Å². The van der Waals surface area contributed by atoms with Crippen LogP contribution in [0.25, 0.3) is 11.3 Å². The van der Waals surface area contributed by atoms with E-state index >= 15 is 0 Å². The van der Waals surface area contributed by atoms with E-state index in [9.17, 15) is 4.79 Å². The number of benzene rings is 1. The molecule has 1 aromatic carbocycles. The number of thiazole rings is 1. The SMILES string of the molecule is Cc1nc(-c2ccccc2)c(C(=O)N2CCCC2CNc2ncc(Br)cn2)s1. The van der Waals surface area contributed by atoms with Crippen molar-refractivity contribution in [3.8, 4) is 11.3 Å². The Bertz CT molecular complexity index is 960. The number of anilines is 1. The first-order chi connectivity index (χ1) is 13.6. The van der Waals surface area contributed by atoms with Crippen molar-refractivity contribution in [3.63, 3.8) is 0 Å². The molecule has 1 amide bonds. The van der Waals surface area contributed by atoms with Crippen LogP contribution in [-0.4, -0.2) is 44.9 Å². The molecule has 144 valence electrons. The predicted molar refractivity (Wildman–Crippen MR) is 115 cm³/mol. The molecule has 1 saturated heterocycles. The second-order valence-electron chi connectivity index (χ2n) is 6.68. The molecule has 0 radical (unpaired) electrons. The number of hydrogen-bond acceptors (Lipinski definition) is 6. The molecule has 2 aromatic heterocycles. The monoisotopic (exact) mass is 457 g/mol. The van der Waals surface area contributed by atoms with Crippen molar-refractivity contribution in [2.45, 2.75) is 25.8 Å². The van der Waals surface area contributed by atoms with Crippen LogP contribution in [0.1, 0.15) is 27.5 Å². The van der Waals surface area contributed by atoms with Gasteiger partial charge >= 0.3 is 0 Å². The Kier molecular flexibility index (Phi) is 5.68. The highest BCUT2D eigenvalue weighted by Gasteiger charge is 2.32. The maximum absolute atomic E-state index is 13.4. The zero-order chi connectivity index (χ0) is 19.5. The smallest absolute Gasteiger partial charge is 0.266 e. The number of aryl methyl sites for hydroxylation is 1. The van der Waals surface area contributed by atoms with Gasteiger partial charge in [-0.3, -0.25) is 4.79 Å². The van der Waals surface area contributed by atoms with Gasteiger partial charge in [-0.15, -0.1) is 11.3 Å². The van der Waals surface area contributed by atoms with Crippen LogP contribution < -0.4 is 5.32 Å². The number of amides is 1. The van der Waals surface area contributed by atoms with E-state index in [1.165, 1.54) is 11.3 Å². The second-order valence-corrected chi connectivity index (χ2v) is 8.80. The number of nitrogens with zero attached hydrogens (tertiary/aromatic N) is 4. The van der Waals surface area contributed by atoms with Crippen LogP contribution in [0.15, 0.2) is 47.2 Å². The summed E-state index contributed by atoms with van der Waals surface area (Å²) < 4.78 is 0.838. The van der Waals surface area contributed by atoms with Crippen LogP contribution in [-0.2, 0) is 0 Å². The molecule has 1 aliphatic rings. The van der Waals surface area contributed by atoms with Gasteiger partial charge < -0.3 is 10.2 Å². The molecule has 1 atom stereocenters. The Hall–Kier alpha value is -2.32. The summed E-state index contributed by atoms with van der Waals surface area (Å²) in [6.07, 6.45) is 5.38. The van der Waals surface area contributed by atoms with E-state index in [-0.39, 0.29) is 11.9 Å². The molecular formula is C20H20BrN5OS. The minimum absolute atomic E-state index is 0.0606. The summed E-state index contributed by atoms with van der Waals surface area (Å²) in [6.45, 7) is 3.34. The minimum atomic E-state index is 0.0606. The summed E-state index contributed by atoms with van der Waals surface area (Å²) in [5.41, 5.74) is 1.76. The van der Waals surface area contributed by atoms with Crippen LogP contribution in [0.4, 0.5) is 5.95 Å². The summed E-state index contributed by atoms with van der Waals surface area (Å²) in [4.78, 5) is 29.2. The normalized spacial score (nSPS) is 16.4. The third-order valence-corrected chi connectivity index (χ3v) is 6.10.